The van der Waals surface area contributed by atoms with Gasteiger partial charge in [0.2, 0.25) is 0 Å². The molecule has 1 atom stereocenters. The molecule has 1 rings (SSSR count). The highest BCUT2D eigenvalue weighted by Gasteiger charge is 2.13. The van der Waals surface area contributed by atoms with E-state index in [0.717, 1.165) is 19.4 Å². The van der Waals surface area contributed by atoms with Crippen LogP contribution in [0, 0.1) is 12.0 Å². The van der Waals surface area contributed by atoms with Gasteiger partial charge in [-0.05, 0) is 12.8 Å². The van der Waals surface area contributed by atoms with Crippen LogP contribution < -0.4 is 0 Å². The monoisotopic (exact) mass is 140 g/mol. The first-order chi connectivity index (χ1) is 4.93. The zero-order chi connectivity index (χ0) is 7.23. The lowest BCUT2D eigenvalue weighted by molar-refractivity contribution is -0.00571. The van der Waals surface area contributed by atoms with Crippen molar-refractivity contribution in [3.63, 3.8) is 0 Å². The van der Waals surface area contributed by atoms with Gasteiger partial charge < -0.3 is 9.47 Å². The maximum absolute atomic E-state index is 5.19. The summed E-state index contributed by atoms with van der Waals surface area (Å²) in [5.74, 6) is 2.69. The molecule has 10 heavy (non-hydrogen) atoms. The van der Waals surface area contributed by atoms with E-state index in [9.17, 15) is 0 Å². The second-order valence-corrected chi connectivity index (χ2v) is 2.31. The van der Waals surface area contributed by atoms with Gasteiger partial charge in [-0.1, -0.05) is 5.92 Å². The zero-order valence-electron chi connectivity index (χ0n) is 6.22. The largest absolute Gasteiger partial charge is 0.441 e. The first-order valence-electron chi connectivity index (χ1n) is 3.58. The van der Waals surface area contributed by atoms with Gasteiger partial charge >= 0.3 is 0 Å². The SMILES string of the molecule is CC#COC1CCCOC1. The summed E-state index contributed by atoms with van der Waals surface area (Å²) >= 11 is 0. The average Bonchev–Trinajstić information content (AvgIpc) is 2.03. The van der Waals surface area contributed by atoms with Crippen LogP contribution in [0.5, 0.6) is 0 Å². The lowest BCUT2D eigenvalue weighted by Gasteiger charge is -2.19. The standard InChI is InChI=1S/C8H12O2/c1-2-5-10-8-4-3-6-9-7-8/h8H,3-4,6-7H2,1H3. The molecule has 0 spiro atoms. The smallest absolute Gasteiger partial charge is 0.134 e. The lowest BCUT2D eigenvalue weighted by Crippen LogP contribution is -2.23. The molecule has 0 bridgehead atoms. The fourth-order valence-electron chi connectivity index (χ4n) is 0.946. The maximum atomic E-state index is 5.19. The summed E-state index contributed by atoms with van der Waals surface area (Å²) < 4.78 is 10.3. The molecule has 2 nitrogen and oxygen atoms in total. The first-order valence-corrected chi connectivity index (χ1v) is 3.58. The average molecular weight is 140 g/mol. The highest BCUT2D eigenvalue weighted by atomic mass is 16.5. The molecule has 1 fully saturated rings. The fraction of sp³-hybridized carbons (Fsp3) is 0.750. The first kappa shape index (κ1) is 7.43. The Balaban J connectivity index is 2.17. The van der Waals surface area contributed by atoms with E-state index in [2.05, 4.69) is 12.0 Å². The number of rotatable bonds is 1. The Morgan fingerprint density at radius 3 is 3.10 bits per heavy atom. The quantitative estimate of drug-likeness (QED) is 0.509. The second kappa shape index (κ2) is 4.19. The zero-order valence-corrected chi connectivity index (χ0v) is 6.22. The second-order valence-electron chi connectivity index (χ2n) is 2.31. The van der Waals surface area contributed by atoms with Crippen molar-refractivity contribution >= 4 is 0 Å². The molecule has 2 heteroatoms. The van der Waals surface area contributed by atoms with Gasteiger partial charge in [0.1, 0.15) is 12.2 Å². The molecule has 0 radical (unpaired) electrons. The summed E-state index contributed by atoms with van der Waals surface area (Å²) in [5.41, 5.74) is 0. The maximum Gasteiger partial charge on any atom is 0.134 e. The van der Waals surface area contributed by atoms with E-state index in [1.54, 1.807) is 6.92 Å². The molecule has 0 aromatic rings. The molecule has 0 saturated carbocycles. The molecule has 1 saturated heterocycles. The fourth-order valence-corrected chi connectivity index (χ4v) is 0.946. The van der Waals surface area contributed by atoms with Crippen molar-refractivity contribution in [1.82, 2.24) is 0 Å². The summed E-state index contributed by atoms with van der Waals surface area (Å²) in [6, 6.07) is 0. The lowest BCUT2D eigenvalue weighted by atomic mass is 10.2. The van der Waals surface area contributed by atoms with Crippen LogP contribution in [-0.2, 0) is 9.47 Å². The van der Waals surface area contributed by atoms with Crippen LogP contribution in [-0.4, -0.2) is 19.3 Å². The third-order valence-electron chi connectivity index (χ3n) is 1.45. The molecule has 0 aliphatic carbocycles. The summed E-state index contributed by atoms with van der Waals surface area (Å²) in [4.78, 5) is 0. The molecule has 0 aromatic carbocycles. The predicted molar refractivity (Wildman–Crippen MR) is 38.4 cm³/mol. The van der Waals surface area contributed by atoms with Crippen molar-refractivity contribution < 1.29 is 9.47 Å². The number of hydrogen-bond acceptors (Lipinski definition) is 2. The predicted octanol–water partition coefficient (Wildman–Crippen LogP) is 1.16. The Morgan fingerprint density at radius 1 is 1.60 bits per heavy atom. The summed E-state index contributed by atoms with van der Waals surface area (Å²) in [6.07, 6.45) is 4.97. The number of hydrogen-bond donors (Lipinski definition) is 0. The third kappa shape index (κ3) is 2.28. The van der Waals surface area contributed by atoms with Crippen LogP contribution in [0.1, 0.15) is 19.8 Å². The molecular weight excluding hydrogens is 128 g/mol. The van der Waals surface area contributed by atoms with Crippen molar-refractivity contribution in [1.29, 1.82) is 0 Å². The molecule has 0 amide bonds. The van der Waals surface area contributed by atoms with Gasteiger partial charge in [-0.2, -0.15) is 0 Å². The molecule has 56 valence electrons. The van der Waals surface area contributed by atoms with Crippen LogP contribution in [0.15, 0.2) is 0 Å². The summed E-state index contributed by atoms with van der Waals surface area (Å²) in [7, 11) is 0. The minimum Gasteiger partial charge on any atom is -0.441 e. The van der Waals surface area contributed by atoms with Crippen molar-refractivity contribution in [2.45, 2.75) is 25.9 Å². The van der Waals surface area contributed by atoms with Gasteiger partial charge in [0.25, 0.3) is 0 Å². The Kier molecular flexibility index (Phi) is 3.11. The van der Waals surface area contributed by atoms with Gasteiger partial charge in [-0.3, -0.25) is 0 Å². The molecule has 1 aliphatic rings. The molecule has 1 aliphatic heterocycles. The van der Waals surface area contributed by atoms with Crippen molar-refractivity contribution in [2.24, 2.45) is 0 Å². The van der Waals surface area contributed by atoms with Crippen molar-refractivity contribution in [3.05, 3.63) is 0 Å². The molecular formula is C8H12O2. The third-order valence-corrected chi connectivity index (χ3v) is 1.45. The molecule has 0 N–H and O–H groups in total. The van der Waals surface area contributed by atoms with Crippen LogP contribution in [0.4, 0.5) is 0 Å². The van der Waals surface area contributed by atoms with Gasteiger partial charge in [-0.15, -0.1) is 0 Å². The highest BCUT2D eigenvalue weighted by Crippen LogP contribution is 2.08. The van der Waals surface area contributed by atoms with Gasteiger partial charge in [0.15, 0.2) is 0 Å². The van der Waals surface area contributed by atoms with Gasteiger partial charge in [0.05, 0.1) is 6.61 Å². The molecule has 0 aromatic heterocycles. The minimum absolute atomic E-state index is 0.209. The van der Waals surface area contributed by atoms with Crippen LogP contribution in [0.25, 0.3) is 0 Å². The Labute approximate surface area is 61.5 Å². The van der Waals surface area contributed by atoms with Gasteiger partial charge in [-0.25, -0.2) is 0 Å². The van der Waals surface area contributed by atoms with Crippen LogP contribution >= 0.6 is 0 Å². The minimum atomic E-state index is 0.209. The van der Waals surface area contributed by atoms with Crippen LogP contribution in [0.2, 0.25) is 0 Å². The Hall–Kier alpha value is -0.680. The topological polar surface area (TPSA) is 18.5 Å². The normalized spacial score (nSPS) is 24.7. The number of ether oxygens (including phenoxy) is 2. The highest BCUT2D eigenvalue weighted by molar-refractivity contribution is 4.86. The van der Waals surface area contributed by atoms with E-state index in [0.29, 0.717) is 6.61 Å². The van der Waals surface area contributed by atoms with E-state index in [1.807, 2.05) is 0 Å². The Bertz CT molecular complexity index is 137. The van der Waals surface area contributed by atoms with E-state index in [-0.39, 0.29) is 6.10 Å². The van der Waals surface area contributed by atoms with E-state index < -0.39 is 0 Å². The molecule has 1 unspecified atom stereocenters. The van der Waals surface area contributed by atoms with E-state index in [4.69, 9.17) is 9.47 Å². The summed E-state index contributed by atoms with van der Waals surface area (Å²) in [5, 5.41) is 0. The van der Waals surface area contributed by atoms with E-state index in [1.165, 1.54) is 0 Å². The van der Waals surface area contributed by atoms with E-state index >= 15 is 0 Å². The van der Waals surface area contributed by atoms with Crippen LogP contribution in [0.3, 0.4) is 0 Å². The molecule has 1 heterocycles. The summed E-state index contributed by atoms with van der Waals surface area (Å²) in [6.45, 7) is 3.35. The van der Waals surface area contributed by atoms with Crippen molar-refractivity contribution in [3.8, 4) is 12.0 Å². The van der Waals surface area contributed by atoms with Gasteiger partial charge in [0, 0.05) is 13.5 Å². The van der Waals surface area contributed by atoms with Crippen molar-refractivity contribution in [2.75, 3.05) is 13.2 Å². The Morgan fingerprint density at radius 2 is 2.50 bits per heavy atom.